The Labute approximate surface area is 101 Å². The number of aryl methyl sites for hydroxylation is 2. The minimum absolute atomic E-state index is 0.483. The molecule has 90 valence electrons. The molecule has 5 nitrogen and oxygen atoms in total. The van der Waals surface area contributed by atoms with Crippen LogP contribution in [0.4, 0.5) is 5.82 Å². The molecule has 0 saturated heterocycles. The first-order valence-electron chi connectivity index (χ1n) is 5.76. The van der Waals surface area contributed by atoms with Gasteiger partial charge in [0.2, 0.25) is 0 Å². The molecule has 2 rings (SSSR count). The summed E-state index contributed by atoms with van der Waals surface area (Å²) in [5.41, 5.74) is 8.71. The molecule has 5 heteroatoms. The monoisotopic (exact) mass is 231 g/mol. The maximum atomic E-state index is 5.68. The van der Waals surface area contributed by atoms with E-state index in [1.165, 1.54) is 0 Å². The standard InChI is InChI=1S/C12H17N5/c1-4-7-17-9(3)11(8(2)16-17)12-14-6-5-10(13)15-12/h5-6H,4,7H2,1-3H3,(H2,13,14,15). The fraction of sp³-hybridized carbons (Fsp3) is 0.417. The minimum Gasteiger partial charge on any atom is -0.384 e. The largest absolute Gasteiger partial charge is 0.384 e. The first-order chi connectivity index (χ1) is 8.13. The second-order valence-electron chi connectivity index (χ2n) is 4.07. The van der Waals surface area contributed by atoms with Crippen LogP contribution in [0.15, 0.2) is 12.3 Å². The first kappa shape index (κ1) is 11.6. The van der Waals surface area contributed by atoms with Gasteiger partial charge in [-0.3, -0.25) is 4.68 Å². The van der Waals surface area contributed by atoms with Gasteiger partial charge in [-0.25, -0.2) is 9.97 Å². The molecule has 0 aliphatic carbocycles. The number of aromatic nitrogens is 4. The van der Waals surface area contributed by atoms with E-state index in [-0.39, 0.29) is 0 Å². The van der Waals surface area contributed by atoms with Gasteiger partial charge in [0.15, 0.2) is 5.82 Å². The van der Waals surface area contributed by atoms with E-state index in [0.717, 1.165) is 29.9 Å². The molecule has 2 heterocycles. The SMILES string of the molecule is CCCn1nc(C)c(-c2nccc(N)n2)c1C. The molecular formula is C12H17N5. The van der Waals surface area contributed by atoms with E-state index in [1.54, 1.807) is 12.3 Å². The lowest BCUT2D eigenvalue weighted by Crippen LogP contribution is -2.01. The predicted octanol–water partition coefficient (Wildman–Crippen LogP) is 1.95. The van der Waals surface area contributed by atoms with E-state index in [1.807, 2.05) is 18.5 Å². The van der Waals surface area contributed by atoms with E-state index in [4.69, 9.17) is 5.73 Å². The van der Waals surface area contributed by atoms with Crippen LogP contribution in [0.25, 0.3) is 11.4 Å². The van der Waals surface area contributed by atoms with Crippen LogP contribution in [0.3, 0.4) is 0 Å². The summed E-state index contributed by atoms with van der Waals surface area (Å²) < 4.78 is 2.00. The van der Waals surface area contributed by atoms with Crippen molar-refractivity contribution in [3.05, 3.63) is 23.7 Å². The summed E-state index contributed by atoms with van der Waals surface area (Å²) in [4.78, 5) is 8.51. The van der Waals surface area contributed by atoms with E-state index in [9.17, 15) is 0 Å². The van der Waals surface area contributed by atoms with Crippen molar-refractivity contribution < 1.29 is 0 Å². The highest BCUT2D eigenvalue weighted by atomic mass is 15.3. The molecular weight excluding hydrogens is 214 g/mol. The zero-order valence-corrected chi connectivity index (χ0v) is 10.4. The number of nitrogen functional groups attached to an aromatic ring is 1. The fourth-order valence-electron chi connectivity index (χ4n) is 1.94. The quantitative estimate of drug-likeness (QED) is 0.876. The lowest BCUT2D eigenvalue weighted by atomic mass is 10.2. The van der Waals surface area contributed by atoms with Crippen LogP contribution < -0.4 is 5.73 Å². The van der Waals surface area contributed by atoms with Crippen molar-refractivity contribution in [2.24, 2.45) is 0 Å². The van der Waals surface area contributed by atoms with E-state index in [0.29, 0.717) is 11.6 Å². The summed E-state index contributed by atoms with van der Waals surface area (Å²) >= 11 is 0. The Kier molecular flexibility index (Phi) is 3.08. The average molecular weight is 231 g/mol. The van der Waals surface area contributed by atoms with Gasteiger partial charge in [-0.05, 0) is 26.3 Å². The zero-order valence-electron chi connectivity index (χ0n) is 10.4. The number of nitrogens with zero attached hydrogens (tertiary/aromatic N) is 4. The van der Waals surface area contributed by atoms with Gasteiger partial charge < -0.3 is 5.73 Å². The van der Waals surface area contributed by atoms with Gasteiger partial charge in [-0.2, -0.15) is 5.10 Å². The van der Waals surface area contributed by atoms with E-state index >= 15 is 0 Å². The first-order valence-corrected chi connectivity index (χ1v) is 5.76. The van der Waals surface area contributed by atoms with E-state index in [2.05, 4.69) is 22.0 Å². The fourth-order valence-corrected chi connectivity index (χ4v) is 1.94. The summed E-state index contributed by atoms with van der Waals surface area (Å²) in [5, 5.41) is 4.50. The second-order valence-corrected chi connectivity index (χ2v) is 4.07. The molecule has 0 fully saturated rings. The van der Waals surface area contributed by atoms with Gasteiger partial charge >= 0.3 is 0 Å². The summed E-state index contributed by atoms with van der Waals surface area (Å²) in [7, 11) is 0. The Balaban J connectivity index is 2.52. The molecule has 0 bridgehead atoms. The number of anilines is 1. The van der Waals surface area contributed by atoms with Gasteiger partial charge in [0, 0.05) is 18.4 Å². The normalized spacial score (nSPS) is 10.8. The summed E-state index contributed by atoms with van der Waals surface area (Å²) in [6.45, 7) is 7.06. The van der Waals surface area contributed by atoms with Crippen molar-refractivity contribution in [1.82, 2.24) is 19.7 Å². The molecule has 0 unspecified atom stereocenters. The molecule has 0 aliphatic rings. The van der Waals surface area contributed by atoms with Gasteiger partial charge in [0.05, 0.1) is 11.3 Å². The number of hydrogen-bond acceptors (Lipinski definition) is 4. The smallest absolute Gasteiger partial charge is 0.165 e. The van der Waals surface area contributed by atoms with Crippen LogP contribution in [0.5, 0.6) is 0 Å². The van der Waals surface area contributed by atoms with Crippen molar-refractivity contribution in [1.29, 1.82) is 0 Å². The maximum Gasteiger partial charge on any atom is 0.165 e. The molecule has 17 heavy (non-hydrogen) atoms. The summed E-state index contributed by atoms with van der Waals surface area (Å²) in [6.07, 6.45) is 2.73. The highest BCUT2D eigenvalue weighted by Crippen LogP contribution is 2.24. The zero-order chi connectivity index (χ0) is 12.4. The molecule has 0 aromatic carbocycles. The Hall–Kier alpha value is -1.91. The minimum atomic E-state index is 0.483. The Bertz CT molecular complexity index is 530. The van der Waals surface area contributed by atoms with Crippen molar-refractivity contribution >= 4 is 5.82 Å². The van der Waals surface area contributed by atoms with Gasteiger partial charge in [0.25, 0.3) is 0 Å². The number of nitrogens with two attached hydrogens (primary N) is 1. The lowest BCUT2D eigenvalue weighted by molar-refractivity contribution is 0.583. The molecule has 2 aromatic rings. The van der Waals surface area contributed by atoms with Crippen LogP contribution in [0.1, 0.15) is 24.7 Å². The van der Waals surface area contributed by atoms with Crippen LogP contribution in [0, 0.1) is 13.8 Å². The van der Waals surface area contributed by atoms with Crippen LogP contribution in [-0.2, 0) is 6.54 Å². The summed E-state index contributed by atoms with van der Waals surface area (Å²) in [5.74, 6) is 1.14. The molecule has 0 saturated carbocycles. The molecule has 0 amide bonds. The molecule has 2 N–H and O–H groups in total. The van der Waals surface area contributed by atoms with E-state index < -0.39 is 0 Å². The van der Waals surface area contributed by atoms with Crippen molar-refractivity contribution in [2.45, 2.75) is 33.7 Å². The van der Waals surface area contributed by atoms with Gasteiger partial charge in [-0.15, -0.1) is 0 Å². The highest BCUT2D eigenvalue weighted by molar-refractivity contribution is 5.62. The Morgan fingerprint density at radius 3 is 2.76 bits per heavy atom. The molecule has 0 aliphatic heterocycles. The van der Waals surface area contributed by atoms with Gasteiger partial charge in [-0.1, -0.05) is 6.92 Å². The molecule has 2 aromatic heterocycles. The Morgan fingerprint density at radius 1 is 1.35 bits per heavy atom. The third kappa shape index (κ3) is 2.13. The van der Waals surface area contributed by atoms with Crippen LogP contribution >= 0.6 is 0 Å². The van der Waals surface area contributed by atoms with Crippen LogP contribution in [0.2, 0.25) is 0 Å². The van der Waals surface area contributed by atoms with Gasteiger partial charge in [0.1, 0.15) is 5.82 Å². The molecule has 0 radical (unpaired) electrons. The van der Waals surface area contributed by atoms with Crippen LogP contribution in [-0.4, -0.2) is 19.7 Å². The Morgan fingerprint density at radius 2 is 2.12 bits per heavy atom. The van der Waals surface area contributed by atoms with Crippen molar-refractivity contribution in [3.63, 3.8) is 0 Å². The third-order valence-electron chi connectivity index (χ3n) is 2.72. The molecule has 0 atom stereocenters. The molecule has 0 spiro atoms. The maximum absolute atomic E-state index is 5.68. The predicted molar refractivity (Wildman–Crippen MR) is 67.4 cm³/mol. The highest BCUT2D eigenvalue weighted by Gasteiger charge is 2.15. The summed E-state index contributed by atoms with van der Waals surface area (Å²) in [6, 6.07) is 1.69. The van der Waals surface area contributed by atoms with Crippen molar-refractivity contribution in [3.8, 4) is 11.4 Å². The van der Waals surface area contributed by atoms with Crippen molar-refractivity contribution in [2.75, 3.05) is 5.73 Å². The number of hydrogen-bond donors (Lipinski definition) is 1. The lowest BCUT2D eigenvalue weighted by Gasteiger charge is -2.03. The average Bonchev–Trinajstić information content (AvgIpc) is 2.55. The topological polar surface area (TPSA) is 69.6 Å². The number of rotatable bonds is 3. The third-order valence-corrected chi connectivity index (χ3v) is 2.72. The second kappa shape index (κ2) is 4.53.